The summed E-state index contributed by atoms with van der Waals surface area (Å²) in [6, 6.07) is 0.862. The van der Waals surface area contributed by atoms with Crippen molar-refractivity contribution < 1.29 is 0 Å². The van der Waals surface area contributed by atoms with E-state index in [9.17, 15) is 0 Å². The Hall–Kier alpha value is -0.300. The molecule has 1 heteroatoms. The third-order valence-electron chi connectivity index (χ3n) is 3.21. The second-order valence-electron chi connectivity index (χ2n) is 3.79. The van der Waals surface area contributed by atoms with Crippen molar-refractivity contribution in [2.45, 2.75) is 31.7 Å². The van der Waals surface area contributed by atoms with E-state index >= 15 is 0 Å². The predicted molar refractivity (Wildman–Crippen MR) is 47.5 cm³/mol. The Morgan fingerprint density at radius 2 is 2.09 bits per heavy atom. The van der Waals surface area contributed by atoms with Gasteiger partial charge in [-0.25, -0.2) is 0 Å². The summed E-state index contributed by atoms with van der Waals surface area (Å²) < 4.78 is 0. The van der Waals surface area contributed by atoms with Crippen LogP contribution in [0.4, 0.5) is 0 Å². The molecule has 0 amide bonds. The zero-order valence-electron chi connectivity index (χ0n) is 7.13. The average Bonchev–Trinajstić information content (AvgIpc) is 2.47. The molecular formula is C10H17N. The normalized spacial score (nSPS) is 38.5. The summed E-state index contributed by atoms with van der Waals surface area (Å²) in [7, 11) is 0. The van der Waals surface area contributed by atoms with Crippen LogP contribution in [0.2, 0.25) is 0 Å². The van der Waals surface area contributed by atoms with Gasteiger partial charge in [-0.1, -0.05) is 12.5 Å². The largest absolute Gasteiger partial charge is 0.300 e. The van der Waals surface area contributed by atoms with Gasteiger partial charge in [0.05, 0.1) is 0 Å². The molecule has 0 aromatic rings. The molecule has 0 aliphatic carbocycles. The Balaban J connectivity index is 2.03. The first kappa shape index (κ1) is 7.35. The van der Waals surface area contributed by atoms with Crippen molar-refractivity contribution in [3.8, 4) is 0 Å². The van der Waals surface area contributed by atoms with Crippen molar-refractivity contribution in [2.75, 3.05) is 13.1 Å². The van der Waals surface area contributed by atoms with Gasteiger partial charge in [-0.3, -0.25) is 4.90 Å². The Labute approximate surface area is 69.1 Å². The van der Waals surface area contributed by atoms with Crippen molar-refractivity contribution in [1.82, 2.24) is 4.90 Å². The molecule has 1 nitrogen and oxygen atoms in total. The number of fused-ring (bicyclic) bond motifs is 1. The number of hydrogen-bond donors (Lipinski definition) is 0. The van der Waals surface area contributed by atoms with Crippen LogP contribution in [0.3, 0.4) is 0 Å². The van der Waals surface area contributed by atoms with Crippen LogP contribution >= 0.6 is 0 Å². The summed E-state index contributed by atoms with van der Waals surface area (Å²) in [6.07, 6.45) is 7.78. The van der Waals surface area contributed by atoms with E-state index in [1.165, 1.54) is 38.8 Å². The molecule has 62 valence electrons. The Morgan fingerprint density at radius 3 is 2.91 bits per heavy atom. The van der Waals surface area contributed by atoms with Crippen LogP contribution in [0, 0.1) is 5.92 Å². The lowest BCUT2D eigenvalue weighted by atomic mass is 9.93. The highest BCUT2D eigenvalue weighted by molar-refractivity contribution is 4.97. The van der Waals surface area contributed by atoms with Gasteiger partial charge in [-0.05, 0) is 38.3 Å². The minimum atomic E-state index is 0.801. The van der Waals surface area contributed by atoms with E-state index in [1.807, 2.05) is 0 Å². The lowest BCUT2D eigenvalue weighted by molar-refractivity contribution is 0.183. The molecule has 0 saturated carbocycles. The van der Waals surface area contributed by atoms with Gasteiger partial charge in [0.25, 0.3) is 0 Å². The van der Waals surface area contributed by atoms with Gasteiger partial charge in [0.1, 0.15) is 0 Å². The fourth-order valence-corrected chi connectivity index (χ4v) is 2.56. The summed E-state index contributed by atoms with van der Waals surface area (Å²) in [5.41, 5.74) is 0. The minimum absolute atomic E-state index is 0.801. The van der Waals surface area contributed by atoms with Crippen LogP contribution in [-0.4, -0.2) is 24.0 Å². The maximum Gasteiger partial charge on any atom is 0.0158 e. The van der Waals surface area contributed by atoms with Crippen molar-refractivity contribution in [1.29, 1.82) is 0 Å². The summed E-state index contributed by atoms with van der Waals surface area (Å²) in [6.45, 7) is 6.57. The second kappa shape index (κ2) is 2.98. The van der Waals surface area contributed by atoms with E-state index in [0.29, 0.717) is 0 Å². The van der Waals surface area contributed by atoms with Crippen molar-refractivity contribution >= 4 is 0 Å². The highest BCUT2D eigenvalue weighted by atomic mass is 15.2. The predicted octanol–water partition coefficient (Wildman–Crippen LogP) is 2.05. The lowest BCUT2D eigenvalue weighted by Gasteiger charge is -2.31. The molecule has 2 fully saturated rings. The molecule has 0 aromatic carbocycles. The Bertz CT molecular complexity index is 153. The maximum absolute atomic E-state index is 3.91. The highest BCUT2D eigenvalue weighted by Gasteiger charge is 2.33. The van der Waals surface area contributed by atoms with Gasteiger partial charge >= 0.3 is 0 Å². The van der Waals surface area contributed by atoms with Gasteiger partial charge in [0.2, 0.25) is 0 Å². The molecule has 0 bridgehead atoms. The Kier molecular flexibility index (Phi) is 1.99. The highest BCUT2D eigenvalue weighted by Crippen LogP contribution is 2.31. The maximum atomic E-state index is 3.91. The summed E-state index contributed by atoms with van der Waals surface area (Å²) >= 11 is 0. The average molecular weight is 151 g/mol. The van der Waals surface area contributed by atoms with Gasteiger partial charge in [0.15, 0.2) is 0 Å². The zero-order chi connectivity index (χ0) is 7.68. The first-order chi connectivity index (χ1) is 5.42. The second-order valence-corrected chi connectivity index (χ2v) is 3.79. The van der Waals surface area contributed by atoms with Crippen molar-refractivity contribution in [2.24, 2.45) is 5.92 Å². The lowest BCUT2D eigenvalue weighted by Crippen LogP contribution is -2.36. The topological polar surface area (TPSA) is 3.24 Å². The molecule has 0 aromatic heterocycles. The first-order valence-electron chi connectivity index (χ1n) is 4.78. The third-order valence-corrected chi connectivity index (χ3v) is 3.21. The molecule has 2 aliphatic heterocycles. The van der Waals surface area contributed by atoms with E-state index in [0.717, 1.165) is 12.0 Å². The van der Waals surface area contributed by atoms with Gasteiger partial charge in [-0.2, -0.15) is 0 Å². The molecule has 0 unspecified atom stereocenters. The van der Waals surface area contributed by atoms with Gasteiger partial charge in [0, 0.05) is 6.04 Å². The number of nitrogens with zero attached hydrogens (tertiary/aromatic N) is 1. The molecule has 0 radical (unpaired) electrons. The van der Waals surface area contributed by atoms with E-state index < -0.39 is 0 Å². The minimum Gasteiger partial charge on any atom is -0.300 e. The molecule has 2 saturated heterocycles. The van der Waals surface area contributed by atoms with Crippen molar-refractivity contribution in [3.63, 3.8) is 0 Å². The molecule has 0 spiro atoms. The van der Waals surface area contributed by atoms with Gasteiger partial charge < -0.3 is 0 Å². The molecule has 0 N–H and O–H groups in total. The standard InChI is InChI=1S/C10H17N/c1-2-9-6-8-11-7-4-3-5-10(9)11/h2,9-10H,1,3-8H2/t9-,10+/m0/s1. The van der Waals surface area contributed by atoms with Crippen LogP contribution in [0.1, 0.15) is 25.7 Å². The van der Waals surface area contributed by atoms with Crippen molar-refractivity contribution in [3.05, 3.63) is 12.7 Å². The van der Waals surface area contributed by atoms with E-state index in [-0.39, 0.29) is 0 Å². The van der Waals surface area contributed by atoms with Crippen LogP contribution < -0.4 is 0 Å². The Morgan fingerprint density at radius 1 is 1.18 bits per heavy atom. The van der Waals surface area contributed by atoms with E-state index in [2.05, 4.69) is 17.6 Å². The van der Waals surface area contributed by atoms with Crippen LogP contribution in [0.5, 0.6) is 0 Å². The summed E-state index contributed by atoms with van der Waals surface area (Å²) in [5, 5.41) is 0. The van der Waals surface area contributed by atoms with Crippen LogP contribution in [0.25, 0.3) is 0 Å². The van der Waals surface area contributed by atoms with E-state index in [4.69, 9.17) is 0 Å². The summed E-state index contributed by atoms with van der Waals surface area (Å²) in [4.78, 5) is 2.65. The molecule has 2 rings (SSSR count). The summed E-state index contributed by atoms with van der Waals surface area (Å²) in [5.74, 6) is 0.801. The smallest absolute Gasteiger partial charge is 0.0158 e. The molecule has 11 heavy (non-hydrogen) atoms. The number of hydrogen-bond acceptors (Lipinski definition) is 1. The third kappa shape index (κ3) is 1.22. The molecule has 2 atom stereocenters. The number of rotatable bonds is 1. The monoisotopic (exact) mass is 151 g/mol. The van der Waals surface area contributed by atoms with E-state index in [1.54, 1.807) is 0 Å². The van der Waals surface area contributed by atoms with Gasteiger partial charge in [-0.15, -0.1) is 6.58 Å². The quantitative estimate of drug-likeness (QED) is 0.518. The number of piperidine rings is 1. The molecular weight excluding hydrogens is 134 g/mol. The zero-order valence-corrected chi connectivity index (χ0v) is 7.13. The fourth-order valence-electron chi connectivity index (χ4n) is 2.56. The molecule has 2 heterocycles. The van der Waals surface area contributed by atoms with Crippen LogP contribution in [0.15, 0.2) is 12.7 Å². The first-order valence-corrected chi connectivity index (χ1v) is 4.78. The van der Waals surface area contributed by atoms with Crippen LogP contribution in [-0.2, 0) is 0 Å². The SMILES string of the molecule is C=C[C@H]1CCN2CCCC[C@H]12. The molecule has 2 aliphatic rings. The fraction of sp³-hybridized carbons (Fsp3) is 0.800.